The van der Waals surface area contributed by atoms with Crippen LogP contribution in [0.5, 0.6) is 11.5 Å². The number of methoxy groups -OCH3 is 2. The molecule has 0 aromatic heterocycles. The van der Waals surface area contributed by atoms with Crippen molar-refractivity contribution >= 4 is 10.1 Å². The standard InChI is InChI=1S/C26H30O6S/c1-20(32-33(4,27)28)18-19-31-26(21-8-6-5-7-9-21,22-10-14-24(29-2)15-11-22)23-12-16-25(30-3)17-13-23/h5-17,20H,18-19H2,1-4H3. The number of benzene rings is 3. The van der Waals surface area contributed by atoms with Gasteiger partial charge in [0, 0.05) is 0 Å². The molecule has 0 N–H and O–H groups in total. The Balaban J connectivity index is 2.08. The van der Waals surface area contributed by atoms with E-state index in [0.29, 0.717) is 6.42 Å². The normalized spacial score (nSPS) is 12.8. The molecule has 0 aliphatic rings. The topological polar surface area (TPSA) is 71.1 Å². The lowest BCUT2D eigenvalue weighted by molar-refractivity contribution is 0.000294. The molecular formula is C26H30O6S. The van der Waals surface area contributed by atoms with Crippen molar-refractivity contribution in [2.24, 2.45) is 0 Å². The van der Waals surface area contributed by atoms with Gasteiger partial charge in [-0.1, -0.05) is 54.6 Å². The Morgan fingerprint density at radius 3 is 1.64 bits per heavy atom. The maximum absolute atomic E-state index is 11.5. The summed E-state index contributed by atoms with van der Waals surface area (Å²) in [5.74, 6) is 1.48. The third-order valence-corrected chi connectivity index (χ3v) is 6.03. The third kappa shape index (κ3) is 6.13. The minimum Gasteiger partial charge on any atom is -0.497 e. The van der Waals surface area contributed by atoms with E-state index in [2.05, 4.69) is 0 Å². The molecule has 6 nitrogen and oxygen atoms in total. The van der Waals surface area contributed by atoms with Crippen LogP contribution < -0.4 is 9.47 Å². The van der Waals surface area contributed by atoms with Gasteiger partial charge in [-0.3, -0.25) is 4.18 Å². The van der Waals surface area contributed by atoms with E-state index >= 15 is 0 Å². The van der Waals surface area contributed by atoms with Gasteiger partial charge in [0.1, 0.15) is 17.1 Å². The van der Waals surface area contributed by atoms with E-state index in [1.54, 1.807) is 21.1 Å². The van der Waals surface area contributed by atoms with Gasteiger partial charge >= 0.3 is 0 Å². The van der Waals surface area contributed by atoms with E-state index in [1.807, 2.05) is 78.9 Å². The van der Waals surface area contributed by atoms with Crippen LogP contribution in [0.4, 0.5) is 0 Å². The van der Waals surface area contributed by atoms with Crippen molar-refractivity contribution < 1.29 is 26.8 Å². The van der Waals surface area contributed by atoms with Crippen LogP contribution in [0, 0.1) is 0 Å². The van der Waals surface area contributed by atoms with Gasteiger partial charge in [-0.15, -0.1) is 0 Å². The molecule has 33 heavy (non-hydrogen) atoms. The lowest BCUT2D eigenvalue weighted by Crippen LogP contribution is -2.34. The van der Waals surface area contributed by atoms with Crippen molar-refractivity contribution in [1.82, 2.24) is 0 Å². The van der Waals surface area contributed by atoms with Crippen molar-refractivity contribution in [2.75, 3.05) is 27.1 Å². The highest BCUT2D eigenvalue weighted by atomic mass is 32.2. The molecule has 0 fully saturated rings. The number of ether oxygens (including phenoxy) is 3. The Hall–Kier alpha value is -2.87. The Morgan fingerprint density at radius 1 is 0.758 bits per heavy atom. The van der Waals surface area contributed by atoms with Crippen molar-refractivity contribution in [3.8, 4) is 11.5 Å². The molecule has 3 rings (SSSR count). The van der Waals surface area contributed by atoms with Crippen molar-refractivity contribution in [3.63, 3.8) is 0 Å². The first-order valence-corrected chi connectivity index (χ1v) is 12.5. The summed E-state index contributed by atoms with van der Waals surface area (Å²) in [6, 6.07) is 25.4. The first kappa shape index (κ1) is 24.8. The summed E-state index contributed by atoms with van der Waals surface area (Å²) in [5, 5.41) is 0. The predicted molar refractivity (Wildman–Crippen MR) is 128 cm³/mol. The zero-order valence-corrected chi connectivity index (χ0v) is 20.2. The summed E-state index contributed by atoms with van der Waals surface area (Å²) in [5.41, 5.74) is 1.83. The molecule has 176 valence electrons. The fourth-order valence-corrected chi connectivity index (χ4v) is 4.49. The molecule has 0 aliphatic heterocycles. The Bertz CT molecular complexity index is 1060. The first-order chi connectivity index (χ1) is 15.8. The van der Waals surface area contributed by atoms with Gasteiger partial charge in [-0.25, -0.2) is 0 Å². The molecular weight excluding hydrogens is 440 g/mol. The predicted octanol–water partition coefficient (Wildman–Crippen LogP) is 4.77. The molecule has 0 bridgehead atoms. The Kier molecular flexibility index (Phi) is 8.13. The molecule has 7 heteroatoms. The lowest BCUT2D eigenvalue weighted by atomic mass is 9.80. The number of rotatable bonds is 11. The average molecular weight is 471 g/mol. The summed E-state index contributed by atoms with van der Waals surface area (Å²) >= 11 is 0. The highest BCUT2D eigenvalue weighted by Crippen LogP contribution is 2.41. The minimum atomic E-state index is -3.54. The lowest BCUT2D eigenvalue weighted by Gasteiger charge is -2.36. The molecule has 0 saturated heterocycles. The Morgan fingerprint density at radius 2 is 1.21 bits per heavy atom. The van der Waals surface area contributed by atoms with E-state index in [9.17, 15) is 8.42 Å². The van der Waals surface area contributed by atoms with E-state index < -0.39 is 21.8 Å². The van der Waals surface area contributed by atoms with Crippen LogP contribution >= 0.6 is 0 Å². The highest BCUT2D eigenvalue weighted by molar-refractivity contribution is 7.86. The van der Waals surface area contributed by atoms with Gasteiger partial charge in [0.05, 0.1) is 33.2 Å². The van der Waals surface area contributed by atoms with Crippen LogP contribution in [0.15, 0.2) is 78.9 Å². The van der Waals surface area contributed by atoms with Crippen LogP contribution in [-0.4, -0.2) is 41.6 Å². The maximum Gasteiger partial charge on any atom is 0.264 e. The summed E-state index contributed by atoms with van der Waals surface area (Å²) in [6.07, 6.45) is 0.932. The second-order valence-corrected chi connectivity index (χ2v) is 9.35. The molecule has 3 aromatic carbocycles. The van der Waals surface area contributed by atoms with Crippen molar-refractivity contribution in [3.05, 3.63) is 95.6 Å². The number of hydrogen-bond acceptors (Lipinski definition) is 6. The van der Waals surface area contributed by atoms with Crippen molar-refractivity contribution in [2.45, 2.75) is 25.0 Å². The van der Waals surface area contributed by atoms with Crippen LogP contribution in [0.1, 0.15) is 30.0 Å². The monoisotopic (exact) mass is 470 g/mol. The van der Waals surface area contributed by atoms with Gasteiger partial charge in [0.25, 0.3) is 10.1 Å². The van der Waals surface area contributed by atoms with Gasteiger partial charge < -0.3 is 14.2 Å². The Labute approximate surface area is 196 Å². The largest absolute Gasteiger partial charge is 0.497 e. The van der Waals surface area contributed by atoms with Crippen LogP contribution in [0.25, 0.3) is 0 Å². The highest BCUT2D eigenvalue weighted by Gasteiger charge is 2.38. The van der Waals surface area contributed by atoms with Crippen LogP contribution in [0.2, 0.25) is 0 Å². The SMILES string of the molecule is COc1ccc(C(OCCC(C)OS(C)(=O)=O)(c2ccccc2)c2ccc(OC)cc2)cc1. The van der Waals surface area contributed by atoms with E-state index in [1.165, 1.54) is 0 Å². The molecule has 0 radical (unpaired) electrons. The van der Waals surface area contributed by atoms with Crippen molar-refractivity contribution in [1.29, 1.82) is 0 Å². The summed E-state index contributed by atoms with van der Waals surface area (Å²) in [7, 11) is -0.289. The molecule has 0 amide bonds. The zero-order valence-electron chi connectivity index (χ0n) is 19.4. The summed E-state index contributed by atoms with van der Waals surface area (Å²) in [4.78, 5) is 0. The maximum atomic E-state index is 11.5. The molecule has 0 spiro atoms. The average Bonchev–Trinajstić information content (AvgIpc) is 2.82. The van der Waals surface area contributed by atoms with Crippen LogP contribution in [-0.2, 0) is 24.6 Å². The van der Waals surface area contributed by atoms with Gasteiger partial charge in [0.2, 0.25) is 0 Å². The third-order valence-electron chi connectivity index (χ3n) is 5.36. The quantitative estimate of drug-likeness (QED) is 0.297. The number of hydrogen-bond donors (Lipinski definition) is 0. The van der Waals surface area contributed by atoms with E-state index in [-0.39, 0.29) is 6.61 Å². The molecule has 0 aliphatic carbocycles. The minimum absolute atomic E-state index is 0.267. The second kappa shape index (κ2) is 10.8. The summed E-state index contributed by atoms with van der Waals surface area (Å²) in [6.45, 7) is 1.99. The zero-order chi connectivity index (χ0) is 23.9. The van der Waals surface area contributed by atoms with Gasteiger partial charge in [-0.05, 0) is 54.3 Å². The van der Waals surface area contributed by atoms with E-state index in [0.717, 1.165) is 34.4 Å². The van der Waals surface area contributed by atoms with Gasteiger partial charge in [0.15, 0.2) is 0 Å². The molecule has 0 heterocycles. The molecule has 1 unspecified atom stereocenters. The first-order valence-electron chi connectivity index (χ1n) is 10.7. The smallest absolute Gasteiger partial charge is 0.264 e. The van der Waals surface area contributed by atoms with E-state index in [4.69, 9.17) is 18.4 Å². The molecule has 3 aromatic rings. The fourth-order valence-electron chi connectivity index (χ4n) is 3.80. The summed E-state index contributed by atoms with van der Waals surface area (Å²) < 4.78 is 45.5. The molecule has 1 atom stereocenters. The molecule has 0 saturated carbocycles. The second-order valence-electron chi connectivity index (χ2n) is 7.75. The fraction of sp³-hybridized carbons (Fsp3) is 0.308. The van der Waals surface area contributed by atoms with Crippen LogP contribution in [0.3, 0.4) is 0 Å². The van der Waals surface area contributed by atoms with Gasteiger partial charge in [-0.2, -0.15) is 8.42 Å².